The lowest BCUT2D eigenvalue weighted by Crippen LogP contribution is -2.44. The van der Waals surface area contributed by atoms with Gasteiger partial charge in [-0.25, -0.2) is 0 Å². The molecule has 2 aliphatic rings. The lowest BCUT2D eigenvalue weighted by atomic mass is 9.72. The Morgan fingerprint density at radius 2 is 2.08 bits per heavy atom. The van der Waals surface area contributed by atoms with E-state index >= 15 is 0 Å². The van der Waals surface area contributed by atoms with E-state index in [1.54, 1.807) is 12.3 Å². The SMILES string of the molecule is CC[C@@]1(C(=O)O)C[C@@H]2CC[C@H]1N2C(=O)c1ccnc2ccccc12. The summed E-state index contributed by atoms with van der Waals surface area (Å²) in [4.78, 5) is 31.3. The molecule has 1 N–H and O–H groups in total. The molecule has 0 spiro atoms. The van der Waals surface area contributed by atoms with Crippen LogP contribution in [0.5, 0.6) is 0 Å². The number of hydrogen-bond donors (Lipinski definition) is 1. The zero-order valence-corrected chi connectivity index (χ0v) is 13.6. The van der Waals surface area contributed by atoms with Crippen molar-refractivity contribution < 1.29 is 14.7 Å². The van der Waals surface area contributed by atoms with Crippen molar-refractivity contribution in [3.05, 3.63) is 42.1 Å². The molecule has 2 saturated heterocycles. The van der Waals surface area contributed by atoms with Gasteiger partial charge in [0.2, 0.25) is 0 Å². The van der Waals surface area contributed by atoms with Gasteiger partial charge in [0, 0.05) is 23.7 Å². The molecule has 1 aromatic heterocycles. The summed E-state index contributed by atoms with van der Waals surface area (Å²) >= 11 is 0. The van der Waals surface area contributed by atoms with Gasteiger partial charge in [-0.2, -0.15) is 0 Å². The number of fused-ring (bicyclic) bond motifs is 3. The number of nitrogens with zero attached hydrogens (tertiary/aromatic N) is 2. The largest absolute Gasteiger partial charge is 0.481 e. The Morgan fingerprint density at radius 3 is 2.79 bits per heavy atom. The summed E-state index contributed by atoms with van der Waals surface area (Å²) in [6.45, 7) is 1.92. The number of para-hydroxylation sites is 1. The first-order valence-corrected chi connectivity index (χ1v) is 8.48. The van der Waals surface area contributed by atoms with Crippen molar-refractivity contribution in [2.75, 3.05) is 0 Å². The third kappa shape index (κ3) is 1.90. The van der Waals surface area contributed by atoms with E-state index in [4.69, 9.17) is 0 Å². The molecule has 2 fully saturated rings. The molecular weight excluding hydrogens is 304 g/mol. The number of benzene rings is 1. The van der Waals surface area contributed by atoms with Gasteiger partial charge in [-0.3, -0.25) is 14.6 Å². The van der Waals surface area contributed by atoms with Crippen molar-refractivity contribution in [1.29, 1.82) is 0 Å². The minimum absolute atomic E-state index is 0.0328. The van der Waals surface area contributed by atoms with Crippen molar-refractivity contribution in [2.24, 2.45) is 5.41 Å². The van der Waals surface area contributed by atoms with Crippen LogP contribution in [-0.2, 0) is 4.79 Å². The quantitative estimate of drug-likeness (QED) is 0.942. The van der Waals surface area contributed by atoms with Gasteiger partial charge >= 0.3 is 5.97 Å². The lowest BCUT2D eigenvalue weighted by Gasteiger charge is -2.32. The number of aromatic nitrogens is 1. The number of amides is 1. The molecule has 2 bridgehead atoms. The van der Waals surface area contributed by atoms with Gasteiger partial charge in [0.05, 0.1) is 16.5 Å². The maximum Gasteiger partial charge on any atom is 0.311 e. The summed E-state index contributed by atoms with van der Waals surface area (Å²) in [6.07, 6.45) is 4.45. The number of pyridine rings is 1. The van der Waals surface area contributed by atoms with Crippen LogP contribution in [0.4, 0.5) is 0 Å². The van der Waals surface area contributed by atoms with Crippen LogP contribution in [0, 0.1) is 5.41 Å². The fourth-order valence-electron chi connectivity index (χ4n) is 4.67. The molecule has 24 heavy (non-hydrogen) atoms. The van der Waals surface area contributed by atoms with Crippen LogP contribution in [0.2, 0.25) is 0 Å². The number of carboxylic acid groups (broad SMARTS) is 1. The summed E-state index contributed by atoms with van der Waals surface area (Å²) in [5.74, 6) is -0.827. The van der Waals surface area contributed by atoms with Crippen molar-refractivity contribution in [3.8, 4) is 0 Å². The van der Waals surface area contributed by atoms with Crippen LogP contribution >= 0.6 is 0 Å². The molecule has 5 heteroatoms. The minimum atomic E-state index is -0.790. The summed E-state index contributed by atoms with van der Waals surface area (Å²) < 4.78 is 0. The summed E-state index contributed by atoms with van der Waals surface area (Å²) in [5.41, 5.74) is 0.617. The fraction of sp³-hybridized carbons (Fsp3) is 0.421. The summed E-state index contributed by atoms with van der Waals surface area (Å²) in [6, 6.07) is 9.16. The molecule has 2 aliphatic heterocycles. The Balaban J connectivity index is 1.77. The first-order valence-electron chi connectivity index (χ1n) is 8.48. The minimum Gasteiger partial charge on any atom is -0.481 e. The van der Waals surface area contributed by atoms with E-state index in [1.165, 1.54) is 0 Å². The van der Waals surface area contributed by atoms with E-state index < -0.39 is 11.4 Å². The molecule has 3 heterocycles. The van der Waals surface area contributed by atoms with E-state index in [2.05, 4.69) is 4.98 Å². The van der Waals surface area contributed by atoms with Gasteiger partial charge < -0.3 is 10.0 Å². The van der Waals surface area contributed by atoms with Crippen LogP contribution in [-0.4, -0.2) is 39.0 Å². The number of aliphatic carboxylic acids is 1. The molecule has 0 aliphatic carbocycles. The number of hydrogen-bond acceptors (Lipinski definition) is 3. The Labute approximate surface area is 140 Å². The number of carbonyl (C=O) groups excluding carboxylic acids is 1. The third-order valence-electron chi connectivity index (χ3n) is 5.91. The van der Waals surface area contributed by atoms with Gasteiger partial charge in [-0.1, -0.05) is 25.1 Å². The van der Waals surface area contributed by atoms with E-state index in [1.807, 2.05) is 36.1 Å². The normalized spacial score (nSPS) is 28.5. The molecule has 0 unspecified atom stereocenters. The number of rotatable bonds is 3. The van der Waals surface area contributed by atoms with Gasteiger partial charge in [0.1, 0.15) is 0 Å². The monoisotopic (exact) mass is 324 g/mol. The van der Waals surface area contributed by atoms with Gasteiger partial charge in [-0.15, -0.1) is 0 Å². The van der Waals surface area contributed by atoms with Crippen LogP contribution < -0.4 is 0 Å². The van der Waals surface area contributed by atoms with Crippen molar-refractivity contribution >= 4 is 22.8 Å². The van der Waals surface area contributed by atoms with Crippen LogP contribution in [0.25, 0.3) is 10.9 Å². The zero-order chi connectivity index (χ0) is 16.9. The number of carboxylic acids is 1. The van der Waals surface area contributed by atoms with Crippen LogP contribution in [0.15, 0.2) is 36.5 Å². The standard InChI is InChI=1S/C19H20N2O3/c1-2-19(18(23)24)11-12-7-8-16(19)21(12)17(22)14-9-10-20-15-6-4-3-5-13(14)15/h3-6,9-10,12,16H,2,7-8,11H2,1H3,(H,23,24)/t12-,16+,19+/m0/s1. The molecule has 5 nitrogen and oxygen atoms in total. The maximum absolute atomic E-state index is 13.3. The van der Waals surface area contributed by atoms with E-state index in [0.29, 0.717) is 18.4 Å². The summed E-state index contributed by atoms with van der Waals surface area (Å²) in [7, 11) is 0. The second-order valence-electron chi connectivity index (χ2n) is 6.85. The predicted molar refractivity (Wildman–Crippen MR) is 89.7 cm³/mol. The Kier molecular flexibility index (Phi) is 3.34. The molecule has 4 rings (SSSR count). The molecular formula is C19H20N2O3. The molecule has 3 atom stereocenters. The third-order valence-corrected chi connectivity index (χ3v) is 5.91. The second-order valence-corrected chi connectivity index (χ2v) is 6.85. The van der Waals surface area contributed by atoms with E-state index in [-0.39, 0.29) is 18.0 Å². The second kappa shape index (κ2) is 5.30. The molecule has 2 aromatic rings. The average Bonchev–Trinajstić information content (AvgIpc) is 3.17. The van der Waals surface area contributed by atoms with Crippen LogP contribution in [0.3, 0.4) is 0 Å². The Morgan fingerprint density at radius 1 is 1.29 bits per heavy atom. The lowest BCUT2D eigenvalue weighted by molar-refractivity contribution is -0.151. The molecule has 1 aromatic carbocycles. The number of carbonyl (C=O) groups is 2. The highest BCUT2D eigenvalue weighted by Gasteiger charge is 2.60. The van der Waals surface area contributed by atoms with Crippen LogP contribution in [0.1, 0.15) is 43.0 Å². The molecule has 0 radical (unpaired) electrons. The van der Waals surface area contributed by atoms with E-state index in [9.17, 15) is 14.7 Å². The zero-order valence-electron chi connectivity index (χ0n) is 13.6. The Bertz CT molecular complexity index is 829. The fourth-order valence-corrected chi connectivity index (χ4v) is 4.67. The highest BCUT2D eigenvalue weighted by Crippen LogP contribution is 2.52. The van der Waals surface area contributed by atoms with E-state index in [0.717, 1.165) is 23.7 Å². The average molecular weight is 324 g/mol. The highest BCUT2D eigenvalue weighted by molar-refractivity contribution is 6.06. The van der Waals surface area contributed by atoms with Crippen molar-refractivity contribution in [3.63, 3.8) is 0 Å². The molecule has 0 saturated carbocycles. The predicted octanol–water partition coefficient (Wildman–Crippen LogP) is 3.09. The van der Waals surface area contributed by atoms with Crippen molar-refractivity contribution in [1.82, 2.24) is 9.88 Å². The smallest absolute Gasteiger partial charge is 0.311 e. The van der Waals surface area contributed by atoms with Gasteiger partial charge in [0.25, 0.3) is 5.91 Å². The topological polar surface area (TPSA) is 70.5 Å². The first kappa shape index (κ1) is 15.1. The van der Waals surface area contributed by atoms with Crippen molar-refractivity contribution in [2.45, 2.75) is 44.7 Å². The highest BCUT2D eigenvalue weighted by atomic mass is 16.4. The molecule has 1 amide bonds. The summed E-state index contributed by atoms with van der Waals surface area (Å²) in [5, 5.41) is 10.6. The van der Waals surface area contributed by atoms with Gasteiger partial charge in [0.15, 0.2) is 0 Å². The molecule has 124 valence electrons. The maximum atomic E-state index is 13.3. The van der Waals surface area contributed by atoms with Gasteiger partial charge in [-0.05, 0) is 37.8 Å². The first-order chi connectivity index (χ1) is 11.6. The Hall–Kier alpha value is -2.43.